The maximum absolute atomic E-state index is 12.0. The van der Waals surface area contributed by atoms with Crippen molar-refractivity contribution in [3.05, 3.63) is 0 Å². The minimum atomic E-state index is 0.244. The molecule has 0 bridgehead atoms. The second kappa shape index (κ2) is 4.67. The second-order valence-electron chi connectivity index (χ2n) is 4.27. The SMILES string of the molecule is CC#CCCN1CC2NCCCC2C1=O. The number of nitrogens with one attached hydrogen (secondary N) is 1. The Morgan fingerprint density at radius 3 is 3.20 bits per heavy atom. The molecule has 2 aliphatic heterocycles. The molecule has 2 heterocycles. The molecule has 0 saturated carbocycles. The quantitative estimate of drug-likeness (QED) is 0.671. The van der Waals surface area contributed by atoms with Crippen LogP contribution in [0.25, 0.3) is 0 Å². The van der Waals surface area contributed by atoms with Crippen LogP contribution in [0.15, 0.2) is 0 Å². The minimum absolute atomic E-state index is 0.244. The zero-order valence-corrected chi connectivity index (χ0v) is 9.25. The molecular weight excluding hydrogens is 188 g/mol. The van der Waals surface area contributed by atoms with Gasteiger partial charge in [0.15, 0.2) is 0 Å². The molecule has 2 unspecified atom stereocenters. The Kier molecular flexibility index (Phi) is 3.27. The number of rotatable bonds is 2. The van der Waals surface area contributed by atoms with Crippen molar-refractivity contribution in [2.45, 2.75) is 32.2 Å². The van der Waals surface area contributed by atoms with Gasteiger partial charge in [-0.2, -0.15) is 0 Å². The van der Waals surface area contributed by atoms with E-state index >= 15 is 0 Å². The summed E-state index contributed by atoms with van der Waals surface area (Å²) in [7, 11) is 0. The third-order valence-corrected chi connectivity index (χ3v) is 3.31. The molecule has 15 heavy (non-hydrogen) atoms. The average Bonchev–Trinajstić information content (AvgIpc) is 2.57. The maximum atomic E-state index is 12.0. The normalized spacial score (nSPS) is 29.7. The molecular formula is C12H18N2O. The van der Waals surface area contributed by atoms with Crippen molar-refractivity contribution < 1.29 is 4.79 Å². The Hall–Kier alpha value is -1.01. The van der Waals surface area contributed by atoms with E-state index in [-0.39, 0.29) is 5.92 Å². The fourth-order valence-corrected chi connectivity index (χ4v) is 2.52. The van der Waals surface area contributed by atoms with Gasteiger partial charge in [-0.15, -0.1) is 11.8 Å². The van der Waals surface area contributed by atoms with E-state index in [0.717, 1.165) is 38.9 Å². The van der Waals surface area contributed by atoms with Crippen LogP contribution in [0.2, 0.25) is 0 Å². The van der Waals surface area contributed by atoms with Gasteiger partial charge in [0.1, 0.15) is 0 Å². The lowest BCUT2D eigenvalue weighted by Crippen LogP contribution is -2.41. The molecule has 0 aliphatic carbocycles. The summed E-state index contributed by atoms with van der Waals surface area (Å²) in [5.74, 6) is 6.46. The van der Waals surface area contributed by atoms with Gasteiger partial charge >= 0.3 is 0 Å². The summed E-state index contributed by atoms with van der Waals surface area (Å²) in [6, 6.07) is 0.404. The van der Waals surface area contributed by atoms with Crippen molar-refractivity contribution in [1.29, 1.82) is 0 Å². The molecule has 2 aliphatic rings. The summed E-state index contributed by atoms with van der Waals surface area (Å²) in [5, 5.41) is 3.43. The fourth-order valence-electron chi connectivity index (χ4n) is 2.52. The van der Waals surface area contributed by atoms with Crippen LogP contribution in [0, 0.1) is 17.8 Å². The molecule has 0 radical (unpaired) electrons. The van der Waals surface area contributed by atoms with Gasteiger partial charge in [0.25, 0.3) is 0 Å². The van der Waals surface area contributed by atoms with E-state index < -0.39 is 0 Å². The van der Waals surface area contributed by atoms with Gasteiger partial charge in [0.05, 0.1) is 5.92 Å². The van der Waals surface area contributed by atoms with Gasteiger partial charge in [0.2, 0.25) is 5.91 Å². The largest absolute Gasteiger partial charge is 0.340 e. The summed E-state index contributed by atoms with van der Waals surface area (Å²) in [6.07, 6.45) is 3.00. The smallest absolute Gasteiger partial charge is 0.227 e. The molecule has 3 nitrogen and oxygen atoms in total. The van der Waals surface area contributed by atoms with Crippen molar-refractivity contribution in [3.63, 3.8) is 0 Å². The lowest BCUT2D eigenvalue weighted by atomic mass is 9.94. The Morgan fingerprint density at radius 2 is 2.47 bits per heavy atom. The number of likely N-dealkylation sites (tertiary alicyclic amines) is 1. The number of hydrogen-bond donors (Lipinski definition) is 1. The fraction of sp³-hybridized carbons (Fsp3) is 0.750. The molecule has 2 fully saturated rings. The number of carbonyl (C=O) groups excluding carboxylic acids is 1. The van der Waals surface area contributed by atoms with Crippen LogP contribution in [0.3, 0.4) is 0 Å². The highest BCUT2D eigenvalue weighted by Crippen LogP contribution is 2.26. The number of hydrogen-bond acceptors (Lipinski definition) is 2. The standard InChI is InChI=1S/C12H18N2O/c1-2-3-4-8-14-9-11-10(12(14)15)6-5-7-13-11/h10-11,13H,4-9H2,1H3. The van der Waals surface area contributed by atoms with Crippen molar-refractivity contribution >= 4 is 5.91 Å². The highest BCUT2D eigenvalue weighted by molar-refractivity contribution is 5.82. The van der Waals surface area contributed by atoms with E-state index in [9.17, 15) is 4.79 Å². The molecule has 2 saturated heterocycles. The minimum Gasteiger partial charge on any atom is -0.340 e. The molecule has 2 atom stereocenters. The Morgan fingerprint density at radius 1 is 1.60 bits per heavy atom. The first-order valence-electron chi connectivity index (χ1n) is 5.74. The summed E-state index contributed by atoms with van der Waals surface area (Å²) >= 11 is 0. The van der Waals surface area contributed by atoms with Crippen LogP contribution >= 0.6 is 0 Å². The Balaban J connectivity index is 1.91. The lowest BCUT2D eigenvalue weighted by molar-refractivity contribution is -0.131. The predicted molar refractivity (Wildman–Crippen MR) is 59.2 cm³/mol. The number of fused-ring (bicyclic) bond motifs is 1. The zero-order chi connectivity index (χ0) is 10.7. The van der Waals surface area contributed by atoms with E-state index in [4.69, 9.17) is 0 Å². The summed E-state index contributed by atoms with van der Waals surface area (Å²) in [6.45, 7) is 4.59. The highest BCUT2D eigenvalue weighted by atomic mass is 16.2. The van der Waals surface area contributed by atoms with Crippen molar-refractivity contribution in [1.82, 2.24) is 10.2 Å². The van der Waals surface area contributed by atoms with Gasteiger partial charge in [-0.1, -0.05) is 0 Å². The maximum Gasteiger partial charge on any atom is 0.227 e. The highest BCUT2D eigenvalue weighted by Gasteiger charge is 2.40. The van der Waals surface area contributed by atoms with Gasteiger partial charge in [-0.05, 0) is 26.3 Å². The van der Waals surface area contributed by atoms with Crippen molar-refractivity contribution in [2.24, 2.45) is 5.92 Å². The van der Waals surface area contributed by atoms with E-state index in [2.05, 4.69) is 17.2 Å². The molecule has 2 rings (SSSR count). The first kappa shape index (κ1) is 10.5. The predicted octanol–water partition coefficient (Wildman–Crippen LogP) is 0.610. The number of carbonyl (C=O) groups is 1. The number of piperidine rings is 1. The van der Waals surface area contributed by atoms with Crippen molar-refractivity contribution in [3.8, 4) is 11.8 Å². The summed E-state index contributed by atoms with van der Waals surface area (Å²) in [4.78, 5) is 13.9. The van der Waals surface area contributed by atoms with Crippen LogP contribution in [0.1, 0.15) is 26.2 Å². The van der Waals surface area contributed by atoms with Crippen LogP contribution in [-0.2, 0) is 4.79 Å². The Bertz CT molecular complexity index is 302. The molecule has 1 N–H and O–H groups in total. The molecule has 3 heteroatoms. The van der Waals surface area contributed by atoms with Crippen molar-refractivity contribution in [2.75, 3.05) is 19.6 Å². The first-order valence-corrected chi connectivity index (χ1v) is 5.74. The third-order valence-electron chi connectivity index (χ3n) is 3.31. The summed E-state index contributed by atoms with van der Waals surface area (Å²) < 4.78 is 0. The van der Waals surface area contributed by atoms with Gasteiger partial charge in [-0.3, -0.25) is 4.79 Å². The average molecular weight is 206 g/mol. The van der Waals surface area contributed by atoms with Crippen LogP contribution in [-0.4, -0.2) is 36.5 Å². The lowest BCUT2D eigenvalue weighted by Gasteiger charge is -2.23. The van der Waals surface area contributed by atoms with E-state index in [1.807, 2.05) is 11.8 Å². The zero-order valence-electron chi connectivity index (χ0n) is 9.25. The third kappa shape index (κ3) is 2.15. The molecule has 0 aromatic carbocycles. The molecule has 0 aromatic rings. The number of nitrogens with zero attached hydrogens (tertiary/aromatic N) is 1. The molecule has 0 spiro atoms. The second-order valence-corrected chi connectivity index (χ2v) is 4.27. The van der Waals surface area contributed by atoms with Gasteiger partial charge in [-0.25, -0.2) is 0 Å². The van der Waals surface area contributed by atoms with Gasteiger partial charge < -0.3 is 10.2 Å². The molecule has 1 amide bonds. The van der Waals surface area contributed by atoms with Crippen LogP contribution in [0.4, 0.5) is 0 Å². The van der Waals surface area contributed by atoms with Crippen LogP contribution < -0.4 is 5.32 Å². The number of amides is 1. The molecule has 0 aromatic heterocycles. The molecule has 82 valence electrons. The topological polar surface area (TPSA) is 32.3 Å². The first-order chi connectivity index (χ1) is 7.33. The summed E-state index contributed by atoms with van der Waals surface area (Å²) in [5.41, 5.74) is 0. The van der Waals surface area contributed by atoms with E-state index in [0.29, 0.717) is 11.9 Å². The van der Waals surface area contributed by atoms with E-state index in [1.165, 1.54) is 0 Å². The monoisotopic (exact) mass is 206 g/mol. The Labute approximate surface area is 91.2 Å². The van der Waals surface area contributed by atoms with Crippen LogP contribution in [0.5, 0.6) is 0 Å². The van der Waals surface area contributed by atoms with E-state index in [1.54, 1.807) is 0 Å². The van der Waals surface area contributed by atoms with Gasteiger partial charge in [0, 0.05) is 25.6 Å².